The Morgan fingerprint density at radius 3 is 1.37 bits per heavy atom. The fraction of sp³-hybridized carbons (Fsp3) is 0.0400. The second-order valence-corrected chi connectivity index (χ2v) is 14.7. The van der Waals surface area contributed by atoms with Gasteiger partial charge in [-0.2, -0.15) is 0 Å². The van der Waals surface area contributed by atoms with Crippen molar-refractivity contribution in [2.24, 2.45) is 0 Å². The number of fused-ring (bicyclic) bond motifs is 8. The zero-order valence-electron chi connectivity index (χ0n) is 28.6. The average molecular weight is 682 g/mol. The number of anilines is 3. The van der Waals surface area contributed by atoms with E-state index in [1.54, 1.807) is 0 Å². The van der Waals surface area contributed by atoms with Crippen LogP contribution in [0.3, 0.4) is 0 Å². The van der Waals surface area contributed by atoms with Crippen LogP contribution in [0.15, 0.2) is 210 Å². The predicted molar refractivity (Wildman–Crippen MR) is 217 cm³/mol. The Kier molecular flexibility index (Phi) is 7.44. The zero-order valence-corrected chi connectivity index (χ0v) is 29.4. The summed E-state index contributed by atoms with van der Waals surface area (Å²) < 4.78 is 0. The molecule has 52 heavy (non-hydrogen) atoms. The Hall–Kier alpha value is -6.09. The van der Waals surface area contributed by atoms with Crippen LogP contribution in [0.4, 0.5) is 17.1 Å². The Balaban J connectivity index is 1.22. The molecule has 0 bridgehead atoms. The van der Waals surface area contributed by atoms with E-state index in [9.17, 15) is 0 Å². The molecule has 1 spiro atoms. The van der Waals surface area contributed by atoms with Gasteiger partial charge in [-0.3, -0.25) is 0 Å². The summed E-state index contributed by atoms with van der Waals surface area (Å²) in [6.07, 6.45) is 0.849. The highest BCUT2D eigenvalue weighted by Gasteiger charge is 2.48. The van der Waals surface area contributed by atoms with Crippen LogP contribution in [0, 0.1) is 0 Å². The quantitative estimate of drug-likeness (QED) is 0.178. The van der Waals surface area contributed by atoms with E-state index in [0.29, 0.717) is 0 Å². The lowest BCUT2D eigenvalue weighted by atomic mass is 9.59. The number of benzene rings is 8. The summed E-state index contributed by atoms with van der Waals surface area (Å²) in [5, 5.41) is 0. The van der Waals surface area contributed by atoms with Gasteiger partial charge in [0.05, 0.1) is 5.41 Å². The summed E-state index contributed by atoms with van der Waals surface area (Å²) in [5.74, 6) is 0. The first kappa shape index (κ1) is 30.7. The maximum absolute atomic E-state index is 2.47. The van der Waals surface area contributed by atoms with E-state index < -0.39 is 5.41 Å². The van der Waals surface area contributed by atoms with Crippen LogP contribution in [0.5, 0.6) is 0 Å². The molecule has 0 fully saturated rings. The van der Waals surface area contributed by atoms with E-state index in [1.165, 1.54) is 71.1 Å². The Bertz CT molecular complexity index is 2410. The van der Waals surface area contributed by atoms with Crippen LogP contribution in [-0.4, -0.2) is 0 Å². The second kappa shape index (κ2) is 12.6. The molecule has 0 aromatic heterocycles. The molecule has 0 N–H and O–H groups in total. The number of hydrogen-bond acceptors (Lipinski definition) is 2. The monoisotopic (exact) mass is 681 g/mol. The summed E-state index contributed by atoms with van der Waals surface area (Å²) in [6.45, 7) is 0. The Morgan fingerprint density at radius 2 is 0.808 bits per heavy atom. The van der Waals surface area contributed by atoms with Crippen LogP contribution in [0.25, 0.3) is 22.3 Å². The summed E-state index contributed by atoms with van der Waals surface area (Å²) >= 11 is 1.89. The Labute approximate surface area is 309 Å². The molecule has 2 aliphatic rings. The van der Waals surface area contributed by atoms with Crippen LogP contribution in [0.2, 0.25) is 0 Å². The largest absolute Gasteiger partial charge is 0.310 e. The van der Waals surface area contributed by atoms with E-state index >= 15 is 0 Å². The maximum atomic E-state index is 2.47. The van der Waals surface area contributed by atoms with Crippen molar-refractivity contribution in [1.82, 2.24) is 0 Å². The normalized spacial score (nSPS) is 13.4. The van der Waals surface area contributed by atoms with Crippen molar-refractivity contribution in [2.75, 3.05) is 4.90 Å². The van der Waals surface area contributed by atoms with Crippen molar-refractivity contribution in [3.8, 4) is 22.3 Å². The van der Waals surface area contributed by atoms with E-state index in [0.717, 1.165) is 17.8 Å². The SMILES string of the molecule is c1ccc(-c2ccc(N(c3ccc(-c4ccccc4)cc3)c3cccc4c3Cc3ccccc3C43c4ccccc4Sc4ccccc43)cc2)cc1. The lowest BCUT2D eigenvalue weighted by Crippen LogP contribution is -2.38. The molecule has 1 aliphatic carbocycles. The minimum absolute atomic E-state index is 0.446. The number of hydrogen-bond donors (Lipinski definition) is 0. The molecule has 2 heteroatoms. The van der Waals surface area contributed by atoms with E-state index in [2.05, 4.69) is 205 Å². The summed E-state index contributed by atoms with van der Waals surface area (Å²) in [5.41, 5.74) is 16.1. The summed E-state index contributed by atoms with van der Waals surface area (Å²) in [4.78, 5) is 5.11. The third kappa shape index (κ3) is 4.87. The molecule has 10 rings (SSSR count). The first-order chi connectivity index (χ1) is 25.8. The molecular formula is C50H35NS. The van der Waals surface area contributed by atoms with Crippen molar-refractivity contribution in [2.45, 2.75) is 21.6 Å². The lowest BCUT2D eigenvalue weighted by Gasteiger charge is -2.47. The molecule has 1 heterocycles. The molecule has 0 atom stereocenters. The fourth-order valence-corrected chi connectivity index (χ4v) is 9.76. The molecule has 0 radical (unpaired) electrons. The van der Waals surface area contributed by atoms with Gasteiger partial charge in [0, 0.05) is 33.3 Å². The van der Waals surface area contributed by atoms with Crippen molar-refractivity contribution in [3.63, 3.8) is 0 Å². The van der Waals surface area contributed by atoms with Gasteiger partial charge < -0.3 is 4.90 Å². The zero-order chi connectivity index (χ0) is 34.5. The molecule has 0 saturated heterocycles. The highest BCUT2D eigenvalue weighted by Crippen LogP contribution is 2.60. The van der Waals surface area contributed by atoms with Crippen molar-refractivity contribution in [1.29, 1.82) is 0 Å². The molecule has 1 aliphatic heterocycles. The fourth-order valence-electron chi connectivity index (χ4n) is 8.57. The van der Waals surface area contributed by atoms with E-state index in [-0.39, 0.29) is 0 Å². The molecule has 0 amide bonds. The summed E-state index contributed by atoms with van der Waals surface area (Å²) in [6, 6.07) is 73.7. The number of nitrogens with zero attached hydrogens (tertiary/aromatic N) is 1. The van der Waals surface area contributed by atoms with Gasteiger partial charge in [-0.15, -0.1) is 0 Å². The van der Waals surface area contributed by atoms with Crippen LogP contribution in [0.1, 0.15) is 33.4 Å². The van der Waals surface area contributed by atoms with Gasteiger partial charge in [-0.25, -0.2) is 0 Å². The highest BCUT2D eigenvalue weighted by atomic mass is 32.2. The molecular weight excluding hydrogens is 647 g/mol. The van der Waals surface area contributed by atoms with Crippen molar-refractivity contribution >= 4 is 28.8 Å². The van der Waals surface area contributed by atoms with Gasteiger partial charge in [0.2, 0.25) is 0 Å². The smallest absolute Gasteiger partial charge is 0.0729 e. The highest BCUT2D eigenvalue weighted by molar-refractivity contribution is 7.99. The topological polar surface area (TPSA) is 3.24 Å². The average Bonchev–Trinajstić information content (AvgIpc) is 3.22. The van der Waals surface area contributed by atoms with Crippen LogP contribution < -0.4 is 4.90 Å². The molecule has 8 aromatic carbocycles. The van der Waals surface area contributed by atoms with Crippen molar-refractivity contribution < 1.29 is 0 Å². The van der Waals surface area contributed by atoms with Crippen LogP contribution in [-0.2, 0) is 11.8 Å². The Morgan fingerprint density at radius 1 is 0.365 bits per heavy atom. The first-order valence-electron chi connectivity index (χ1n) is 18.0. The van der Waals surface area contributed by atoms with Gasteiger partial charge in [0.1, 0.15) is 0 Å². The second-order valence-electron chi connectivity index (χ2n) is 13.6. The van der Waals surface area contributed by atoms with Gasteiger partial charge in [-0.05, 0) is 98.1 Å². The minimum atomic E-state index is -0.446. The van der Waals surface area contributed by atoms with Gasteiger partial charge >= 0.3 is 0 Å². The molecule has 8 aromatic rings. The van der Waals surface area contributed by atoms with Gasteiger partial charge in [0.15, 0.2) is 0 Å². The predicted octanol–water partition coefficient (Wildman–Crippen LogP) is 13.2. The third-order valence-electron chi connectivity index (χ3n) is 10.9. The molecule has 0 saturated carbocycles. The lowest BCUT2D eigenvalue weighted by molar-refractivity contribution is 0.669. The van der Waals surface area contributed by atoms with E-state index in [1.807, 2.05) is 11.8 Å². The minimum Gasteiger partial charge on any atom is -0.310 e. The first-order valence-corrected chi connectivity index (χ1v) is 18.8. The third-order valence-corrected chi connectivity index (χ3v) is 12.0. The maximum Gasteiger partial charge on any atom is 0.0729 e. The van der Waals surface area contributed by atoms with Crippen molar-refractivity contribution in [3.05, 3.63) is 234 Å². The molecule has 246 valence electrons. The standard InChI is InChI=1S/C50H35NS/c1-3-14-35(15-4-1)37-26-30-40(31-27-37)51(41-32-28-38(29-33-41)36-16-5-2-6-17-36)47-23-13-22-44-42(47)34-39-18-7-8-19-43(39)50(44)45-20-9-11-24-48(45)52-49-25-12-10-21-46(49)50/h1-33H,34H2. The number of rotatable bonds is 5. The molecule has 1 nitrogen and oxygen atoms in total. The van der Waals surface area contributed by atoms with Crippen LogP contribution >= 0.6 is 11.8 Å². The summed E-state index contributed by atoms with van der Waals surface area (Å²) in [7, 11) is 0. The van der Waals surface area contributed by atoms with Gasteiger partial charge in [0.25, 0.3) is 0 Å². The van der Waals surface area contributed by atoms with E-state index in [4.69, 9.17) is 0 Å². The van der Waals surface area contributed by atoms with Gasteiger partial charge in [-0.1, -0.05) is 169 Å². The molecule has 0 unspecified atom stereocenters.